The molecule has 8 nitrogen and oxygen atoms in total. The number of methoxy groups -OCH3 is 6. The van der Waals surface area contributed by atoms with E-state index >= 15 is 0 Å². The molecule has 0 amide bonds. The SMILES string of the molecule is COc1ccc([C@@H]2c3c(OC)cc(OC)cc3O[C@H](c3ccc(OC)c(OC)c3)[C@H]2O)c(OC)c1. The van der Waals surface area contributed by atoms with Crippen molar-refractivity contribution in [3.05, 3.63) is 65.2 Å². The maximum atomic E-state index is 11.8. The summed E-state index contributed by atoms with van der Waals surface area (Å²) in [5.74, 6) is 3.44. The molecule has 0 radical (unpaired) electrons. The fourth-order valence-corrected chi connectivity index (χ4v) is 4.53. The Morgan fingerprint density at radius 1 is 0.629 bits per heavy atom. The first-order valence-electron chi connectivity index (χ1n) is 11.0. The molecule has 0 saturated carbocycles. The average Bonchev–Trinajstić information content (AvgIpc) is 2.91. The molecule has 8 heteroatoms. The fraction of sp³-hybridized carbons (Fsp3) is 0.333. The van der Waals surface area contributed by atoms with Gasteiger partial charge in [0.05, 0.1) is 42.7 Å². The minimum absolute atomic E-state index is 0.534. The van der Waals surface area contributed by atoms with Gasteiger partial charge in [-0.3, -0.25) is 0 Å². The van der Waals surface area contributed by atoms with Gasteiger partial charge in [0.2, 0.25) is 0 Å². The Morgan fingerprint density at radius 3 is 1.91 bits per heavy atom. The minimum atomic E-state index is -0.995. The van der Waals surface area contributed by atoms with E-state index in [9.17, 15) is 5.11 Å². The van der Waals surface area contributed by atoms with Gasteiger partial charge >= 0.3 is 0 Å². The Bertz CT molecular complexity index is 1190. The summed E-state index contributed by atoms with van der Waals surface area (Å²) < 4.78 is 39.5. The number of ether oxygens (including phenoxy) is 7. The van der Waals surface area contributed by atoms with Crippen LogP contribution in [0.3, 0.4) is 0 Å². The van der Waals surface area contributed by atoms with Crippen LogP contribution in [0.5, 0.6) is 40.2 Å². The van der Waals surface area contributed by atoms with E-state index in [4.69, 9.17) is 33.2 Å². The Hall–Kier alpha value is -3.78. The lowest BCUT2D eigenvalue weighted by atomic mass is 9.79. The highest BCUT2D eigenvalue weighted by Crippen LogP contribution is 2.53. The van der Waals surface area contributed by atoms with Crippen LogP contribution in [0.15, 0.2) is 48.5 Å². The first-order chi connectivity index (χ1) is 17.0. The molecule has 0 fully saturated rings. The highest BCUT2D eigenvalue weighted by Gasteiger charge is 2.43. The highest BCUT2D eigenvalue weighted by molar-refractivity contribution is 5.60. The van der Waals surface area contributed by atoms with Crippen molar-refractivity contribution < 1.29 is 38.3 Å². The zero-order valence-electron chi connectivity index (χ0n) is 20.7. The van der Waals surface area contributed by atoms with Gasteiger partial charge in [-0.1, -0.05) is 12.1 Å². The van der Waals surface area contributed by atoms with Crippen molar-refractivity contribution in [1.82, 2.24) is 0 Å². The summed E-state index contributed by atoms with van der Waals surface area (Å²) in [7, 11) is 9.47. The van der Waals surface area contributed by atoms with Crippen LogP contribution in [-0.2, 0) is 0 Å². The first-order valence-corrected chi connectivity index (χ1v) is 11.0. The van der Waals surface area contributed by atoms with E-state index in [1.165, 1.54) is 0 Å². The van der Waals surface area contributed by atoms with Gasteiger partial charge in [-0.2, -0.15) is 0 Å². The molecular weight excluding hydrogens is 452 g/mol. The van der Waals surface area contributed by atoms with E-state index in [1.54, 1.807) is 73.0 Å². The molecule has 3 aromatic carbocycles. The fourth-order valence-electron chi connectivity index (χ4n) is 4.53. The minimum Gasteiger partial charge on any atom is -0.497 e. The maximum absolute atomic E-state index is 11.8. The summed E-state index contributed by atoms with van der Waals surface area (Å²) in [6, 6.07) is 14.5. The number of aliphatic hydroxyl groups excluding tert-OH is 1. The molecule has 0 aliphatic carbocycles. The van der Waals surface area contributed by atoms with Crippen LogP contribution in [-0.4, -0.2) is 53.9 Å². The lowest BCUT2D eigenvalue weighted by Crippen LogP contribution is -2.35. The normalized spacial score (nSPS) is 18.7. The number of aliphatic hydroxyl groups is 1. The van der Waals surface area contributed by atoms with Gasteiger partial charge in [0.15, 0.2) is 17.6 Å². The van der Waals surface area contributed by atoms with E-state index < -0.39 is 18.1 Å². The van der Waals surface area contributed by atoms with Crippen molar-refractivity contribution in [1.29, 1.82) is 0 Å². The third kappa shape index (κ3) is 4.37. The average molecular weight is 483 g/mol. The van der Waals surface area contributed by atoms with Crippen molar-refractivity contribution in [3.8, 4) is 40.2 Å². The Balaban J connectivity index is 1.93. The molecule has 186 valence electrons. The lowest BCUT2D eigenvalue weighted by Gasteiger charge is -2.38. The smallest absolute Gasteiger partial charge is 0.161 e. The van der Waals surface area contributed by atoms with Gasteiger partial charge in [0.1, 0.15) is 34.9 Å². The second-order valence-corrected chi connectivity index (χ2v) is 7.97. The standard InChI is InChI=1S/C27H30O8/c1-29-16-8-9-18(20(12-16)32-4)24-25-22(34-6)13-17(30-2)14-23(25)35-27(26(24)28)15-7-10-19(31-3)21(11-15)33-5/h7-14,24,26-28H,1-6H3/t24-,26+,27-/m1/s1. The van der Waals surface area contributed by atoms with Crippen LogP contribution < -0.4 is 33.2 Å². The van der Waals surface area contributed by atoms with Gasteiger partial charge in [-0.25, -0.2) is 0 Å². The van der Waals surface area contributed by atoms with Gasteiger partial charge < -0.3 is 38.3 Å². The van der Waals surface area contributed by atoms with Gasteiger partial charge in [-0.05, 0) is 23.8 Å². The van der Waals surface area contributed by atoms with Crippen LogP contribution >= 0.6 is 0 Å². The summed E-state index contributed by atoms with van der Waals surface area (Å²) in [6.07, 6.45) is -1.72. The van der Waals surface area contributed by atoms with Crippen molar-refractivity contribution in [2.45, 2.75) is 18.1 Å². The summed E-state index contributed by atoms with van der Waals surface area (Å²) >= 11 is 0. The molecule has 1 aliphatic rings. The molecule has 0 bridgehead atoms. The zero-order chi connectivity index (χ0) is 25.1. The Kier molecular flexibility index (Phi) is 7.12. The molecule has 1 aliphatic heterocycles. The molecule has 3 aromatic rings. The molecule has 0 aromatic heterocycles. The van der Waals surface area contributed by atoms with Crippen molar-refractivity contribution in [2.75, 3.05) is 42.7 Å². The summed E-state index contributed by atoms with van der Waals surface area (Å²) in [5, 5.41) is 11.8. The van der Waals surface area contributed by atoms with Crippen LogP contribution in [0.2, 0.25) is 0 Å². The Morgan fingerprint density at radius 2 is 1.29 bits per heavy atom. The first kappa shape index (κ1) is 24.3. The van der Waals surface area contributed by atoms with Crippen molar-refractivity contribution in [2.24, 2.45) is 0 Å². The molecule has 4 rings (SSSR count). The van der Waals surface area contributed by atoms with Crippen LogP contribution in [0.25, 0.3) is 0 Å². The van der Waals surface area contributed by atoms with E-state index in [-0.39, 0.29) is 0 Å². The zero-order valence-corrected chi connectivity index (χ0v) is 20.7. The summed E-state index contributed by atoms with van der Waals surface area (Å²) in [5.41, 5.74) is 2.18. The van der Waals surface area contributed by atoms with Gasteiger partial charge in [0, 0.05) is 35.2 Å². The second-order valence-electron chi connectivity index (χ2n) is 7.97. The van der Waals surface area contributed by atoms with Crippen LogP contribution in [0.1, 0.15) is 28.7 Å². The molecule has 3 atom stereocenters. The molecule has 1 N–H and O–H groups in total. The van der Waals surface area contributed by atoms with Gasteiger partial charge in [0.25, 0.3) is 0 Å². The predicted molar refractivity (Wildman–Crippen MR) is 130 cm³/mol. The Labute approximate surface area is 204 Å². The summed E-state index contributed by atoms with van der Waals surface area (Å²) in [4.78, 5) is 0. The number of rotatable bonds is 8. The molecule has 35 heavy (non-hydrogen) atoms. The quantitative estimate of drug-likeness (QED) is 0.507. The predicted octanol–water partition coefficient (Wildman–Crippen LogP) is 4.36. The number of hydrogen-bond acceptors (Lipinski definition) is 8. The molecule has 0 saturated heterocycles. The topological polar surface area (TPSA) is 84.8 Å². The molecular formula is C27H30O8. The third-order valence-corrected chi connectivity index (χ3v) is 6.26. The lowest BCUT2D eigenvalue weighted by molar-refractivity contribution is 0.00686. The number of hydrogen-bond donors (Lipinski definition) is 1. The van der Waals surface area contributed by atoms with Crippen molar-refractivity contribution in [3.63, 3.8) is 0 Å². The highest BCUT2D eigenvalue weighted by atomic mass is 16.5. The van der Waals surface area contributed by atoms with Crippen LogP contribution in [0, 0.1) is 0 Å². The third-order valence-electron chi connectivity index (χ3n) is 6.26. The number of benzene rings is 3. The largest absolute Gasteiger partial charge is 0.497 e. The summed E-state index contributed by atoms with van der Waals surface area (Å²) in [6.45, 7) is 0. The molecule has 0 spiro atoms. The maximum Gasteiger partial charge on any atom is 0.161 e. The van der Waals surface area contributed by atoms with E-state index in [0.29, 0.717) is 45.8 Å². The number of fused-ring (bicyclic) bond motifs is 1. The van der Waals surface area contributed by atoms with Crippen LogP contribution in [0.4, 0.5) is 0 Å². The van der Waals surface area contributed by atoms with E-state index in [2.05, 4.69) is 0 Å². The molecule has 0 unspecified atom stereocenters. The molecule has 1 heterocycles. The van der Waals surface area contributed by atoms with E-state index in [1.807, 2.05) is 18.2 Å². The second kappa shape index (κ2) is 10.2. The van der Waals surface area contributed by atoms with Crippen molar-refractivity contribution >= 4 is 0 Å². The van der Waals surface area contributed by atoms with E-state index in [0.717, 1.165) is 11.1 Å². The van der Waals surface area contributed by atoms with Gasteiger partial charge in [-0.15, -0.1) is 0 Å². The monoisotopic (exact) mass is 482 g/mol.